The van der Waals surface area contributed by atoms with E-state index in [1.807, 2.05) is 24.3 Å². The molecule has 0 aliphatic rings. The van der Waals surface area contributed by atoms with Gasteiger partial charge in [0.1, 0.15) is 6.61 Å². The minimum absolute atomic E-state index is 0.357. The predicted octanol–water partition coefficient (Wildman–Crippen LogP) is 3.79. The van der Waals surface area contributed by atoms with Gasteiger partial charge in [-0.25, -0.2) is 4.79 Å². The summed E-state index contributed by atoms with van der Waals surface area (Å²) in [6.45, 7) is 0.407. The maximum absolute atomic E-state index is 11.3. The molecule has 2 aromatic carbocycles. The monoisotopic (exact) mass is 347 g/mol. The normalized spacial score (nSPS) is 10.6. The number of carbonyl (C=O) groups is 1. The second kappa shape index (κ2) is 7.59. The number of ether oxygens (including phenoxy) is 1. The Morgan fingerprint density at radius 2 is 1.81 bits per heavy atom. The van der Waals surface area contributed by atoms with Gasteiger partial charge in [0.05, 0.1) is 18.9 Å². The van der Waals surface area contributed by atoms with Crippen LogP contribution in [-0.4, -0.2) is 19.3 Å². The van der Waals surface area contributed by atoms with Gasteiger partial charge in [0.2, 0.25) is 0 Å². The Morgan fingerprint density at radius 3 is 2.43 bits per heavy atom. The molecule has 0 heterocycles. The Hall–Kier alpha value is -2.14. The average Bonchev–Trinajstić information content (AvgIpc) is 2.53. The van der Waals surface area contributed by atoms with E-state index >= 15 is 0 Å². The molecule has 0 atom stereocenters. The van der Waals surface area contributed by atoms with Crippen LogP contribution in [0.3, 0.4) is 0 Å². The van der Waals surface area contributed by atoms with Crippen LogP contribution in [0.25, 0.3) is 0 Å². The van der Waals surface area contributed by atoms with E-state index in [2.05, 4.69) is 25.8 Å². The number of carbonyl (C=O) groups excluding carboxylic acids is 1. The molecule has 0 aromatic heterocycles. The van der Waals surface area contributed by atoms with Gasteiger partial charge < -0.3 is 9.57 Å². The van der Waals surface area contributed by atoms with Gasteiger partial charge in [-0.15, -0.1) is 0 Å². The van der Waals surface area contributed by atoms with Gasteiger partial charge in [-0.2, -0.15) is 0 Å². The molecule has 2 aromatic rings. The summed E-state index contributed by atoms with van der Waals surface area (Å²) >= 11 is 3.38. The number of hydrogen-bond acceptors (Lipinski definition) is 4. The van der Waals surface area contributed by atoms with Crippen molar-refractivity contribution in [1.82, 2.24) is 0 Å². The lowest BCUT2D eigenvalue weighted by Gasteiger charge is -2.01. The molecule has 0 saturated heterocycles. The van der Waals surface area contributed by atoms with Crippen LogP contribution in [0, 0.1) is 0 Å². The lowest BCUT2D eigenvalue weighted by molar-refractivity contribution is 0.0601. The van der Waals surface area contributed by atoms with Crippen LogP contribution in [0.15, 0.2) is 58.2 Å². The van der Waals surface area contributed by atoms with Crippen molar-refractivity contribution in [2.75, 3.05) is 7.11 Å². The molecular formula is C16H14BrNO3. The molecule has 0 N–H and O–H groups in total. The molecule has 108 valence electrons. The molecule has 4 nitrogen and oxygen atoms in total. The third-order valence-corrected chi connectivity index (χ3v) is 3.28. The van der Waals surface area contributed by atoms with Crippen LogP contribution >= 0.6 is 15.9 Å². The first-order valence-corrected chi connectivity index (χ1v) is 7.06. The van der Waals surface area contributed by atoms with Crippen molar-refractivity contribution in [1.29, 1.82) is 0 Å². The van der Waals surface area contributed by atoms with E-state index in [1.165, 1.54) is 7.11 Å². The standard InChI is InChI=1S/C16H14BrNO3/c1-20-16(19)14-6-2-12(3-7-14)10-18-21-11-13-4-8-15(17)9-5-13/h2-10H,11H2,1H3. The third kappa shape index (κ3) is 4.72. The quantitative estimate of drug-likeness (QED) is 0.469. The van der Waals surface area contributed by atoms with E-state index < -0.39 is 0 Å². The van der Waals surface area contributed by atoms with E-state index in [9.17, 15) is 4.79 Å². The Morgan fingerprint density at radius 1 is 1.14 bits per heavy atom. The highest BCUT2D eigenvalue weighted by molar-refractivity contribution is 9.10. The molecule has 5 heteroatoms. The smallest absolute Gasteiger partial charge is 0.337 e. The summed E-state index contributed by atoms with van der Waals surface area (Å²) in [5, 5.41) is 3.90. The fourth-order valence-corrected chi connectivity index (χ4v) is 1.88. The summed E-state index contributed by atoms with van der Waals surface area (Å²) in [7, 11) is 1.35. The molecule has 2 rings (SSSR count). The van der Waals surface area contributed by atoms with Crippen molar-refractivity contribution in [3.05, 3.63) is 69.7 Å². The molecule has 21 heavy (non-hydrogen) atoms. The number of methoxy groups -OCH3 is 1. The molecule has 0 bridgehead atoms. The second-order valence-corrected chi connectivity index (χ2v) is 5.16. The van der Waals surface area contributed by atoms with Crippen LogP contribution in [0.5, 0.6) is 0 Å². The lowest BCUT2D eigenvalue weighted by atomic mass is 10.1. The second-order valence-electron chi connectivity index (χ2n) is 4.25. The van der Waals surface area contributed by atoms with Gasteiger partial charge in [-0.1, -0.05) is 45.4 Å². The summed E-state index contributed by atoms with van der Waals surface area (Å²) in [5.41, 5.74) is 2.39. The van der Waals surface area contributed by atoms with Crippen molar-refractivity contribution < 1.29 is 14.4 Å². The van der Waals surface area contributed by atoms with E-state index in [4.69, 9.17) is 4.84 Å². The highest BCUT2D eigenvalue weighted by Crippen LogP contribution is 2.11. The van der Waals surface area contributed by atoms with Crippen LogP contribution in [0.2, 0.25) is 0 Å². The number of hydrogen-bond donors (Lipinski definition) is 0. The van der Waals surface area contributed by atoms with Gasteiger partial charge in [0, 0.05) is 4.47 Å². The van der Waals surface area contributed by atoms with Crippen LogP contribution < -0.4 is 0 Å². The lowest BCUT2D eigenvalue weighted by Crippen LogP contribution is -2.00. The Bertz CT molecular complexity index is 621. The minimum atomic E-state index is -0.357. The van der Waals surface area contributed by atoms with Crippen LogP contribution in [-0.2, 0) is 16.2 Å². The number of nitrogens with zero attached hydrogens (tertiary/aromatic N) is 1. The first-order valence-electron chi connectivity index (χ1n) is 6.27. The summed E-state index contributed by atoms with van der Waals surface area (Å²) in [6.07, 6.45) is 1.60. The summed E-state index contributed by atoms with van der Waals surface area (Å²) in [6, 6.07) is 14.7. The average molecular weight is 348 g/mol. The largest absolute Gasteiger partial charge is 0.465 e. The number of rotatable bonds is 5. The van der Waals surface area contributed by atoms with Gasteiger partial charge in [0.15, 0.2) is 0 Å². The Kier molecular flexibility index (Phi) is 5.51. The highest BCUT2D eigenvalue weighted by Gasteiger charge is 2.03. The van der Waals surface area contributed by atoms with E-state index in [0.29, 0.717) is 12.2 Å². The Balaban J connectivity index is 1.86. The maximum atomic E-state index is 11.3. The van der Waals surface area contributed by atoms with Crippen molar-refractivity contribution in [3.63, 3.8) is 0 Å². The summed E-state index contributed by atoms with van der Waals surface area (Å²) in [4.78, 5) is 16.5. The molecule has 0 aliphatic carbocycles. The van der Waals surface area contributed by atoms with Crippen molar-refractivity contribution in [2.24, 2.45) is 5.16 Å². The fraction of sp³-hybridized carbons (Fsp3) is 0.125. The molecule has 0 unspecified atom stereocenters. The van der Waals surface area contributed by atoms with Gasteiger partial charge in [-0.3, -0.25) is 0 Å². The molecular weight excluding hydrogens is 334 g/mol. The zero-order valence-electron chi connectivity index (χ0n) is 11.5. The number of halogens is 1. The first kappa shape index (κ1) is 15.3. The van der Waals surface area contributed by atoms with Crippen molar-refractivity contribution >= 4 is 28.1 Å². The SMILES string of the molecule is COC(=O)c1ccc(C=NOCc2ccc(Br)cc2)cc1. The zero-order valence-corrected chi connectivity index (χ0v) is 13.0. The van der Waals surface area contributed by atoms with Gasteiger partial charge in [0.25, 0.3) is 0 Å². The molecule has 0 spiro atoms. The van der Waals surface area contributed by atoms with E-state index in [0.717, 1.165) is 15.6 Å². The van der Waals surface area contributed by atoms with Crippen molar-refractivity contribution in [3.8, 4) is 0 Å². The van der Waals surface area contributed by atoms with Crippen LogP contribution in [0.4, 0.5) is 0 Å². The highest BCUT2D eigenvalue weighted by atomic mass is 79.9. The van der Waals surface area contributed by atoms with E-state index in [1.54, 1.807) is 30.5 Å². The predicted molar refractivity (Wildman–Crippen MR) is 84.3 cm³/mol. The summed E-state index contributed by atoms with van der Waals surface area (Å²) < 4.78 is 5.66. The fourth-order valence-electron chi connectivity index (χ4n) is 1.61. The summed E-state index contributed by atoms with van der Waals surface area (Å²) in [5.74, 6) is -0.357. The number of esters is 1. The Labute approximate surface area is 131 Å². The molecule has 0 fully saturated rings. The molecule has 0 radical (unpaired) electrons. The van der Waals surface area contributed by atoms with Crippen LogP contribution in [0.1, 0.15) is 21.5 Å². The van der Waals surface area contributed by atoms with E-state index in [-0.39, 0.29) is 5.97 Å². The molecule has 0 aliphatic heterocycles. The van der Waals surface area contributed by atoms with Gasteiger partial charge in [-0.05, 0) is 35.4 Å². The minimum Gasteiger partial charge on any atom is -0.465 e. The zero-order chi connectivity index (χ0) is 15.1. The van der Waals surface area contributed by atoms with Crippen molar-refractivity contribution in [2.45, 2.75) is 6.61 Å². The first-order chi connectivity index (χ1) is 10.2. The molecule has 0 amide bonds. The number of oxime groups is 1. The van der Waals surface area contributed by atoms with Gasteiger partial charge >= 0.3 is 5.97 Å². The third-order valence-electron chi connectivity index (χ3n) is 2.75. The number of benzene rings is 2. The maximum Gasteiger partial charge on any atom is 0.337 e. The topological polar surface area (TPSA) is 47.9 Å². The molecule has 0 saturated carbocycles.